The fourth-order valence-corrected chi connectivity index (χ4v) is 2.63. The molecule has 1 atom stereocenters. The number of aliphatic carboxylic acids is 1. The van der Waals surface area contributed by atoms with Crippen LogP contribution in [0.25, 0.3) is 10.8 Å². The number of rotatable bonds is 9. The SMILES string of the molecule is CC(=O)NCCN(CCOc1cccc2ccccc12)C(C)C(=O)O. The third-order valence-electron chi connectivity index (χ3n) is 4.06. The number of amides is 1. The van der Waals surface area contributed by atoms with Gasteiger partial charge in [0.1, 0.15) is 18.4 Å². The summed E-state index contributed by atoms with van der Waals surface area (Å²) in [5, 5.41) is 14.1. The Bertz CT molecular complexity index is 727. The Labute approximate surface area is 147 Å². The van der Waals surface area contributed by atoms with Crippen LogP contribution in [0.2, 0.25) is 0 Å². The van der Waals surface area contributed by atoms with Crippen molar-refractivity contribution in [1.82, 2.24) is 10.2 Å². The predicted molar refractivity (Wildman–Crippen MR) is 96.8 cm³/mol. The molecule has 2 aromatic carbocycles. The maximum atomic E-state index is 11.3. The second-order valence-corrected chi connectivity index (χ2v) is 5.86. The van der Waals surface area contributed by atoms with Crippen LogP contribution >= 0.6 is 0 Å². The molecule has 0 aromatic heterocycles. The van der Waals surface area contributed by atoms with E-state index in [9.17, 15) is 14.7 Å². The van der Waals surface area contributed by atoms with Crippen molar-refractivity contribution in [3.05, 3.63) is 42.5 Å². The van der Waals surface area contributed by atoms with Gasteiger partial charge in [0.2, 0.25) is 5.91 Å². The van der Waals surface area contributed by atoms with E-state index in [4.69, 9.17) is 4.74 Å². The van der Waals surface area contributed by atoms with Crippen LogP contribution < -0.4 is 10.1 Å². The zero-order chi connectivity index (χ0) is 18.2. The largest absolute Gasteiger partial charge is 0.492 e. The lowest BCUT2D eigenvalue weighted by atomic mass is 10.1. The highest BCUT2D eigenvalue weighted by atomic mass is 16.5. The Balaban J connectivity index is 1.96. The summed E-state index contributed by atoms with van der Waals surface area (Å²) in [6, 6.07) is 13.2. The fraction of sp³-hybridized carbons (Fsp3) is 0.368. The Morgan fingerprint density at radius 1 is 1.16 bits per heavy atom. The average molecular weight is 344 g/mol. The van der Waals surface area contributed by atoms with Gasteiger partial charge in [0.15, 0.2) is 0 Å². The van der Waals surface area contributed by atoms with Gasteiger partial charge in [0, 0.05) is 31.9 Å². The molecule has 0 heterocycles. The van der Waals surface area contributed by atoms with Gasteiger partial charge in [0.05, 0.1) is 0 Å². The first-order chi connectivity index (χ1) is 12.0. The van der Waals surface area contributed by atoms with E-state index in [1.807, 2.05) is 42.5 Å². The fourth-order valence-electron chi connectivity index (χ4n) is 2.63. The summed E-state index contributed by atoms with van der Waals surface area (Å²) in [5.74, 6) is -0.245. The summed E-state index contributed by atoms with van der Waals surface area (Å²) in [6.07, 6.45) is 0. The molecule has 0 aliphatic rings. The van der Waals surface area contributed by atoms with Gasteiger partial charge in [-0.3, -0.25) is 14.5 Å². The highest BCUT2D eigenvalue weighted by Crippen LogP contribution is 2.25. The molecule has 1 unspecified atom stereocenters. The molecule has 0 saturated carbocycles. The highest BCUT2D eigenvalue weighted by Gasteiger charge is 2.20. The molecule has 0 radical (unpaired) electrons. The highest BCUT2D eigenvalue weighted by molar-refractivity contribution is 5.88. The van der Waals surface area contributed by atoms with E-state index in [0.717, 1.165) is 16.5 Å². The van der Waals surface area contributed by atoms with Crippen LogP contribution in [0.15, 0.2) is 42.5 Å². The van der Waals surface area contributed by atoms with E-state index in [1.165, 1.54) is 6.92 Å². The molecule has 2 N–H and O–H groups in total. The van der Waals surface area contributed by atoms with Gasteiger partial charge in [0.25, 0.3) is 0 Å². The number of fused-ring (bicyclic) bond motifs is 1. The molecular formula is C19H24N2O4. The molecule has 6 heteroatoms. The topological polar surface area (TPSA) is 78.9 Å². The first-order valence-electron chi connectivity index (χ1n) is 8.31. The zero-order valence-corrected chi connectivity index (χ0v) is 14.6. The quantitative estimate of drug-likeness (QED) is 0.728. The van der Waals surface area contributed by atoms with Gasteiger partial charge in [-0.15, -0.1) is 0 Å². The van der Waals surface area contributed by atoms with Crippen LogP contribution in [0, 0.1) is 0 Å². The number of hydrogen-bond donors (Lipinski definition) is 2. The Morgan fingerprint density at radius 2 is 1.88 bits per heavy atom. The summed E-state index contributed by atoms with van der Waals surface area (Å²) in [6.45, 7) is 4.75. The van der Waals surface area contributed by atoms with Crippen molar-refractivity contribution in [3.63, 3.8) is 0 Å². The molecule has 0 bridgehead atoms. The minimum absolute atomic E-state index is 0.130. The Morgan fingerprint density at radius 3 is 2.60 bits per heavy atom. The molecule has 0 saturated heterocycles. The maximum absolute atomic E-state index is 11.3. The Kier molecular flexibility index (Phi) is 6.77. The number of carboxylic acid groups (broad SMARTS) is 1. The molecule has 134 valence electrons. The van der Waals surface area contributed by atoms with Crippen LogP contribution in [-0.2, 0) is 9.59 Å². The number of hydrogen-bond acceptors (Lipinski definition) is 4. The zero-order valence-electron chi connectivity index (χ0n) is 14.6. The standard InChI is InChI=1S/C19H24N2O4/c1-14(19(23)24)21(11-10-20-15(2)22)12-13-25-18-9-5-7-16-6-3-4-8-17(16)18/h3-9,14H,10-13H2,1-2H3,(H,20,22)(H,23,24). The van der Waals surface area contributed by atoms with Gasteiger partial charge < -0.3 is 15.2 Å². The summed E-state index contributed by atoms with van der Waals surface area (Å²) >= 11 is 0. The normalized spacial score (nSPS) is 12.1. The van der Waals surface area contributed by atoms with Crippen LogP contribution in [0.4, 0.5) is 0 Å². The first kappa shape index (κ1) is 18.7. The smallest absolute Gasteiger partial charge is 0.320 e. The molecule has 0 fully saturated rings. The van der Waals surface area contributed by atoms with Crippen molar-refractivity contribution in [2.24, 2.45) is 0 Å². The monoisotopic (exact) mass is 344 g/mol. The molecule has 2 rings (SSSR count). The lowest BCUT2D eigenvalue weighted by molar-refractivity contribution is -0.142. The lowest BCUT2D eigenvalue weighted by Gasteiger charge is -2.26. The van der Waals surface area contributed by atoms with E-state index in [0.29, 0.717) is 26.2 Å². The third-order valence-corrected chi connectivity index (χ3v) is 4.06. The third kappa shape index (κ3) is 5.46. The number of carbonyl (C=O) groups excluding carboxylic acids is 1. The maximum Gasteiger partial charge on any atom is 0.320 e. The molecule has 0 aliphatic heterocycles. The second kappa shape index (κ2) is 9.03. The van der Waals surface area contributed by atoms with Crippen LogP contribution in [0.1, 0.15) is 13.8 Å². The van der Waals surface area contributed by atoms with Gasteiger partial charge in [-0.2, -0.15) is 0 Å². The summed E-state index contributed by atoms with van der Waals surface area (Å²) in [7, 11) is 0. The number of benzene rings is 2. The summed E-state index contributed by atoms with van der Waals surface area (Å²) in [4.78, 5) is 24.0. The van der Waals surface area contributed by atoms with E-state index >= 15 is 0 Å². The lowest BCUT2D eigenvalue weighted by Crippen LogP contribution is -2.45. The number of carboxylic acids is 1. The summed E-state index contributed by atoms with van der Waals surface area (Å²) < 4.78 is 5.89. The van der Waals surface area contributed by atoms with Gasteiger partial charge in [-0.05, 0) is 18.4 Å². The molecule has 1 amide bonds. The average Bonchev–Trinajstić information content (AvgIpc) is 2.59. The predicted octanol–water partition coefficient (Wildman–Crippen LogP) is 2.13. The van der Waals surface area contributed by atoms with E-state index in [2.05, 4.69) is 5.32 Å². The van der Waals surface area contributed by atoms with Gasteiger partial charge >= 0.3 is 5.97 Å². The van der Waals surface area contributed by atoms with Gasteiger partial charge in [-0.25, -0.2) is 0 Å². The van der Waals surface area contributed by atoms with Gasteiger partial charge in [-0.1, -0.05) is 36.4 Å². The summed E-state index contributed by atoms with van der Waals surface area (Å²) in [5.41, 5.74) is 0. The van der Waals surface area contributed by atoms with E-state index < -0.39 is 12.0 Å². The van der Waals surface area contributed by atoms with Crippen LogP contribution in [0.3, 0.4) is 0 Å². The van der Waals surface area contributed by atoms with Crippen molar-refractivity contribution in [3.8, 4) is 5.75 Å². The van der Waals surface area contributed by atoms with Crippen molar-refractivity contribution in [1.29, 1.82) is 0 Å². The second-order valence-electron chi connectivity index (χ2n) is 5.86. The molecule has 0 aliphatic carbocycles. The number of ether oxygens (including phenoxy) is 1. The molecule has 2 aromatic rings. The number of nitrogens with one attached hydrogen (secondary N) is 1. The minimum Gasteiger partial charge on any atom is -0.492 e. The molecule has 0 spiro atoms. The van der Waals surface area contributed by atoms with Crippen molar-refractivity contribution in [2.75, 3.05) is 26.2 Å². The van der Waals surface area contributed by atoms with Crippen LogP contribution in [-0.4, -0.2) is 54.2 Å². The first-order valence-corrected chi connectivity index (χ1v) is 8.31. The number of nitrogens with zero attached hydrogens (tertiary/aromatic N) is 1. The van der Waals surface area contributed by atoms with E-state index in [-0.39, 0.29) is 5.91 Å². The minimum atomic E-state index is -0.895. The molecule has 6 nitrogen and oxygen atoms in total. The van der Waals surface area contributed by atoms with Crippen molar-refractivity contribution in [2.45, 2.75) is 19.9 Å². The van der Waals surface area contributed by atoms with Crippen LogP contribution in [0.5, 0.6) is 5.75 Å². The number of carbonyl (C=O) groups is 2. The van der Waals surface area contributed by atoms with Crippen molar-refractivity contribution >= 4 is 22.6 Å². The van der Waals surface area contributed by atoms with E-state index in [1.54, 1.807) is 11.8 Å². The van der Waals surface area contributed by atoms with Crippen molar-refractivity contribution < 1.29 is 19.4 Å². The Hall–Kier alpha value is -2.60. The molecular weight excluding hydrogens is 320 g/mol. The molecule has 25 heavy (non-hydrogen) atoms.